The number of carbonyl (C=O) groups excluding carboxylic acids is 1. The molecule has 1 aliphatic heterocycles. The smallest absolute Gasteiger partial charge is 0.209 e. The van der Waals surface area contributed by atoms with Gasteiger partial charge in [0.25, 0.3) is 0 Å². The van der Waals surface area contributed by atoms with E-state index in [1.54, 1.807) is 0 Å². The first-order valence-electron chi connectivity index (χ1n) is 10.3. The molecule has 0 N–H and O–H groups in total. The van der Waals surface area contributed by atoms with Crippen LogP contribution in [0.1, 0.15) is 55.8 Å². The first-order chi connectivity index (χ1) is 14.1. The molecule has 3 fully saturated rings. The minimum Gasteiger partial charge on any atom is -0.373 e. The number of rotatable bonds is 6. The Morgan fingerprint density at radius 1 is 1.21 bits per heavy atom. The number of benzene rings is 1. The molecule has 154 valence electrons. The Balaban J connectivity index is 1.30. The lowest BCUT2D eigenvalue weighted by Crippen LogP contribution is -2.49. The first kappa shape index (κ1) is 19.4. The highest BCUT2D eigenvalue weighted by atomic mass is 35.5. The van der Waals surface area contributed by atoms with Crippen LogP contribution in [0.4, 0.5) is 0 Å². The molecule has 0 radical (unpaired) electrons. The van der Waals surface area contributed by atoms with Crippen molar-refractivity contribution in [3.63, 3.8) is 0 Å². The Labute approximate surface area is 180 Å². The van der Waals surface area contributed by atoms with Crippen molar-refractivity contribution < 1.29 is 14.1 Å². The van der Waals surface area contributed by atoms with E-state index in [-0.39, 0.29) is 6.10 Å². The quantitative estimate of drug-likeness (QED) is 0.567. The molecule has 0 atom stereocenters. The van der Waals surface area contributed by atoms with Crippen molar-refractivity contribution in [1.29, 1.82) is 0 Å². The van der Waals surface area contributed by atoms with Gasteiger partial charge in [0.1, 0.15) is 11.5 Å². The first-order valence-corrected chi connectivity index (χ1v) is 11.1. The molecule has 0 unspecified atom stereocenters. The molecule has 1 aromatic carbocycles. The minimum absolute atomic E-state index is 0.245. The van der Waals surface area contributed by atoms with Gasteiger partial charge in [-0.25, -0.2) is 0 Å². The molecule has 2 heterocycles. The third-order valence-electron chi connectivity index (χ3n) is 6.76. The number of nitrogens with zero attached hydrogens (tertiary/aromatic N) is 2. The zero-order valence-corrected chi connectivity index (χ0v) is 17.7. The predicted molar refractivity (Wildman–Crippen MR) is 111 cm³/mol. The number of amides is 1. The fourth-order valence-electron chi connectivity index (χ4n) is 4.79. The van der Waals surface area contributed by atoms with E-state index < -0.39 is 0 Å². The second kappa shape index (κ2) is 7.60. The molecule has 2 aliphatic carbocycles. The van der Waals surface area contributed by atoms with E-state index in [0.717, 1.165) is 74.9 Å². The average molecular weight is 435 g/mol. The predicted octanol–water partition coefficient (Wildman–Crippen LogP) is 5.44. The molecule has 1 saturated heterocycles. The fraction of sp³-hybridized carbons (Fsp3) is 0.545. The topological polar surface area (TPSA) is 55.6 Å². The lowest BCUT2D eigenvalue weighted by molar-refractivity contribution is -0.129. The molecule has 0 bridgehead atoms. The Morgan fingerprint density at radius 2 is 1.90 bits per heavy atom. The zero-order chi connectivity index (χ0) is 20.0. The lowest BCUT2D eigenvalue weighted by atomic mass is 9.61. The van der Waals surface area contributed by atoms with E-state index in [2.05, 4.69) is 5.16 Å². The summed E-state index contributed by atoms with van der Waals surface area (Å²) in [5.74, 6) is 1.35. The second-order valence-corrected chi connectivity index (χ2v) is 9.54. The van der Waals surface area contributed by atoms with Crippen LogP contribution in [0.5, 0.6) is 0 Å². The Morgan fingerprint density at radius 3 is 2.52 bits per heavy atom. The van der Waals surface area contributed by atoms with E-state index in [4.69, 9.17) is 32.5 Å². The molecule has 5 rings (SSSR count). The SMILES string of the molecule is O=CN1CCC2(CC1)CC(OCc1c(-c3c(Cl)cccc3Cl)noc1C1CC1)C2. The van der Waals surface area contributed by atoms with Gasteiger partial charge in [-0.3, -0.25) is 4.79 Å². The summed E-state index contributed by atoms with van der Waals surface area (Å²) >= 11 is 12.9. The number of halogens is 2. The number of likely N-dealkylation sites (tertiary alicyclic amines) is 1. The van der Waals surface area contributed by atoms with Crippen LogP contribution >= 0.6 is 23.2 Å². The van der Waals surface area contributed by atoms with Crippen molar-refractivity contribution in [2.24, 2.45) is 5.41 Å². The molecule has 1 aromatic heterocycles. The van der Waals surface area contributed by atoms with Crippen LogP contribution in [0.3, 0.4) is 0 Å². The Bertz CT molecular complexity index is 889. The maximum Gasteiger partial charge on any atom is 0.209 e. The van der Waals surface area contributed by atoms with Crippen molar-refractivity contribution in [3.05, 3.63) is 39.6 Å². The van der Waals surface area contributed by atoms with Crippen molar-refractivity contribution in [2.45, 2.75) is 57.2 Å². The molecule has 7 heteroatoms. The Kier molecular flexibility index (Phi) is 5.09. The number of ether oxygens (including phenoxy) is 1. The molecule has 2 saturated carbocycles. The summed E-state index contributed by atoms with van der Waals surface area (Å²) in [7, 11) is 0. The van der Waals surface area contributed by atoms with Crippen LogP contribution in [0.25, 0.3) is 11.3 Å². The van der Waals surface area contributed by atoms with Gasteiger partial charge < -0.3 is 14.2 Å². The average Bonchev–Trinajstić information content (AvgIpc) is 3.46. The number of carbonyl (C=O) groups is 1. The van der Waals surface area contributed by atoms with Crippen LogP contribution in [-0.2, 0) is 16.1 Å². The summed E-state index contributed by atoms with van der Waals surface area (Å²) in [6.07, 6.45) is 7.73. The van der Waals surface area contributed by atoms with Gasteiger partial charge >= 0.3 is 0 Å². The summed E-state index contributed by atoms with van der Waals surface area (Å²) in [6, 6.07) is 5.47. The number of hydrogen-bond donors (Lipinski definition) is 0. The van der Waals surface area contributed by atoms with Crippen molar-refractivity contribution in [1.82, 2.24) is 10.1 Å². The largest absolute Gasteiger partial charge is 0.373 e. The minimum atomic E-state index is 0.245. The highest BCUT2D eigenvalue weighted by Gasteiger charge is 2.46. The third kappa shape index (κ3) is 3.69. The van der Waals surface area contributed by atoms with Crippen molar-refractivity contribution in [2.75, 3.05) is 13.1 Å². The molecule has 1 amide bonds. The number of piperidine rings is 1. The van der Waals surface area contributed by atoms with E-state index in [1.165, 1.54) is 0 Å². The van der Waals surface area contributed by atoms with Gasteiger partial charge in [-0.05, 0) is 56.1 Å². The van der Waals surface area contributed by atoms with Crippen LogP contribution in [0.15, 0.2) is 22.7 Å². The summed E-state index contributed by atoms with van der Waals surface area (Å²) in [5, 5.41) is 5.47. The van der Waals surface area contributed by atoms with Crippen LogP contribution in [0, 0.1) is 5.41 Å². The van der Waals surface area contributed by atoms with Gasteiger partial charge in [0, 0.05) is 30.1 Å². The molecule has 5 nitrogen and oxygen atoms in total. The number of hydrogen-bond acceptors (Lipinski definition) is 4. The van der Waals surface area contributed by atoms with Gasteiger partial charge in [-0.1, -0.05) is 34.4 Å². The molecule has 1 spiro atoms. The Hall–Kier alpha value is -1.56. The summed E-state index contributed by atoms with van der Waals surface area (Å²) in [6.45, 7) is 2.19. The summed E-state index contributed by atoms with van der Waals surface area (Å²) in [5.41, 5.74) is 2.76. The van der Waals surface area contributed by atoms with Gasteiger partial charge in [-0.2, -0.15) is 0 Å². The number of aromatic nitrogens is 1. The van der Waals surface area contributed by atoms with Crippen molar-refractivity contribution in [3.8, 4) is 11.3 Å². The molecule has 29 heavy (non-hydrogen) atoms. The molecular weight excluding hydrogens is 411 g/mol. The van der Waals surface area contributed by atoms with Crippen molar-refractivity contribution >= 4 is 29.6 Å². The van der Waals surface area contributed by atoms with E-state index >= 15 is 0 Å². The zero-order valence-electron chi connectivity index (χ0n) is 16.2. The molecule has 3 aliphatic rings. The van der Waals surface area contributed by atoms with E-state index in [1.807, 2.05) is 23.1 Å². The molecule has 2 aromatic rings. The van der Waals surface area contributed by atoms with Crippen LogP contribution in [-0.4, -0.2) is 35.7 Å². The maximum absolute atomic E-state index is 10.9. The standard InChI is InChI=1S/C22H24Cl2N2O3/c23-17-2-1-3-18(24)19(17)20-16(21(29-25-20)14-4-5-14)12-28-15-10-22(11-15)6-8-26(13-27)9-7-22/h1-3,13-15H,4-12H2. The van der Waals surface area contributed by atoms with Crippen LogP contribution in [0.2, 0.25) is 10.0 Å². The normalized spacial score (nSPS) is 21.4. The van der Waals surface area contributed by atoms with Gasteiger partial charge in [0.15, 0.2) is 0 Å². The lowest BCUT2D eigenvalue weighted by Gasteiger charge is -2.51. The maximum atomic E-state index is 10.9. The van der Waals surface area contributed by atoms with Gasteiger partial charge in [0.05, 0.1) is 22.8 Å². The summed E-state index contributed by atoms with van der Waals surface area (Å²) in [4.78, 5) is 12.8. The van der Waals surface area contributed by atoms with E-state index in [0.29, 0.717) is 33.7 Å². The second-order valence-electron chi connectivity index (χ2n) is 8.73. The third-order valence-corrected chi connectivity index (χ3v) is 7.39. The van der Waals surface area contributed by atoms with Gasteiger partial charge in [-0.15, -0.1) is 0 Å². The van der Waals surface area contributed by atoms with Crippen LogP contribution < -0.4 is 0 Å². The van der Waals surface area contributed by atoms with Gasteiger partial charge in [0.2, 0.25) is 6.41 Å². The molecular formula is C22H24Cl2N2O3. The fourth-order valence-corrected chi connectivity index (χ4v) is 5.36. The summed E-state index contributed by atoms with van der Waals surface area (Å²) < 4.78 is 12.0. The van der Waals surface area contributed by atoms with E-state index in [9.17, 15) is 4.79 Å². The highest BCUT2D eigenvalue weighted by molar-refractivity contribution is 6.39. The highest BCUT2D eigenvalue weighted by Crippen LogP contribution is 2.51. The monoisotopic (exact) mass is 434 g/mol.